The topological polar surface area (TPSA) is 122 Å². The Morgan fingerprint density at radius 2 is 1.63 bits per heavy atom. The Kier molecular flexibility index (Phi) is 7.32. The summed E-state index contributed by atoms with van der Waals surface area (Å²) in [7, 11) is 1.45. The number of H-pyrrole nitrogens is 1. The molecule has 0 radical (unpaired) electrons. The van der Waals surface area contributed by atoms with E-state index in [0.29, 0.717) is 56.1 Å². The summed E-state index contributed by atoms with van der Waals surface area (Å²) in [4.78, 5) is 51.9. The van der Waals surface area contributed by atoms with Crippen LogP contribution < -0.4 is 10.8 Å². The number of aromatic nitrogens is 2. The second-order valence-corrected chi connectivity index (χ2v) is 10.6. The molecule has 0 fully saturated rings. The van der Waals surface area contributed by atoms with Gasteiger partial charge in [0.15, 0.2) is 17.3 Å². The first-order chi connectivity index (χ1) is 22.5. The highest BCUT2D eigenvalue weighted by Crippen LogP contribution is 2.28. The van der Waals surface area contributed by atoms with Gasteiger partial charge < -0.3 is 19.9 Å². The highest BCUT2D eigenvalue weighted by Gasteiger charge is 2.20. The number of nitrogens with one attached hydrogen (secondary N) is 3. The fourth-order valence-corrected chi connectivity index (χ4v) is 5.26. The molecule has 1 aliphatic heterocycles. The van der Waals surface area contributed by atoms with Crippen LogP contribution in [0, 0.1) is 0 Å². The number of allylic oxidation sites excluding steroid dienone is 5. The van der Waals surface area contributed by atoms with Crippen molar-refractivity contribution in [2.45, 2.75) is 0 Å². The molecule has 7 rings (SSSR count). The third-order valence-corrected chi connectivity index (χ3v) is 7.66. The highest BCUT2D eigenvalue weighted by molar-refractivity contribution is 6.11. The first-order valence-electron chi connectivity index (χ1n) is 14.4. The molecule has 1 amide bonds. The Hall–Kier alpha value is -6.48. The van der Waals surface area contributed by atoms with Crippen molar-refractivity contribution in [2.24, 2.45) is 0 Å². The quantitative estimate of drug-likeness (QED) is 0.181. The molecule has 0 saturated heterocycles. The molecule has 0 bridgehead atoms. The van der Waals surface area contributed by atoms with Crippen LogP contribution in [0.4, 0.5) is 5.69 Å². The van der Waals surface area contributed by atoms with Gasteiger partial charge in [0.2, 0.25) is 5.78 Å². The number of carbonyl (C=O) groups excluding carboxylic acids is 3. The zero-order valence-corrected chi connectivity index (χ0v) is 24.5. The van der Waals surface area contributed by atoms with Crippen molar-refractivity contribution in [1.82, 2.24) is 15.4 Å². The largest absolute Gasteiger partial charge is 0.493 e. The molecule has 0 spiro atoms. The Morgan fingerprint density at radius 3 is 2.43 bits per heavy atom. The van der Waals surface area contributed by atoms with Gasteiger partial charge in [-0.3, -0.25) is 14.4 Å². The van der Waals surface area contributed by atoms with Gasteiger partial charge in [0, 0.05) is 39.6 Å². The lowest BCUT2D eigenvalue weighted by atomic mass is 10.0. The summed E-state index contributed by atoms with van der Waals surface area (Å²) in [6, 6.07) is 29.0. The first kappa shape index (κ1) is 28.3. The lowest BCUT2D eigenvalue weighted by molar-refractivity contribution is -0.114. The number of hydroxylamine groups is 1. The summed E-state index contributed by atoms with van der Waals surface area (Å²) in [5, 5.41) is 2.97. The van der Waals surface area contributed by atoms with Crippen molar-refractivity contribution in [2.75, 3.05) is 12.4 Å². The SMILES string of the molecule is COC1=C/C(=C2\C=C(c3ccc(NC(=O)c4ccccc4-c4nc5ccc(C(=O)c6ccccc6)cc5[nH]4)cc3)NO2)C=CC1=O. The number of imidazole rings is 1. The fraction of sp³-hybridized carbons (Fsp3) is 0.0270. The summed E-state index contributed by atoms with van der Waals surface area (Å²) < 4.78 is 5.13. The minimum atomic E-state index is -0.295. The molecular formula is C37H26N4O5. The fourth-order valence-electron chi connectivity index (χ4n) is 5.26. The number of amides is 1. The number of hydrogen-bond acceptors (Lipinski definition) is 7. The summed E-state index contributed by atoms with van der Waals surface area (Å²) >= 11 is 0. The summed E-state index contributed by atoms with van der Waals surface area (Å²) in [5.41, 5.74) is 9.39. The molecule has 46 heavy (non-hydrogen) atoms. The molecule has 0 unspecified atom stereocenters. The Labute approximate surface area is 263 Å². The molecule has 0 atom stereocenters. The minimum absolute atomic E-state index is 0.0775. The molecule has 1 aliphatic carbocycles. The number of benzene rings is 4. The molecule has 2 heterocycles. The number of ether oxygens (including phenoxy) is 1. The van der Waals surface area contributed by atoms with E-state index in [2.05, 4.69) is 15.8 Å². The number of fused-ring (bicyclic) bond motifs is 1. The van der Waals surface area contributed by atoms with Gasteiger partial charge in [-0.1, -0.05) is 60.7 Å². The van der Waals surface area contributed by atoms with Gasteiger partial charge in [0.1, 0.15) is 5.82 Å². The van der Waals surface area contributed by atoms with Crippen LogP contribution in [0.2, 0.25) is 0 Å². The summed E-state index contributed by atoms with van der Waals surface area (Å²) in [6.07, 6.45) is 6.57. The van der Waals surface area contributed by atoms with Crippen LogP contribution in [-0.4, -0.2) is 34.6 Å². The number of carbonyl (C=O) groups is 3. The Balaban J connectivity index is 1.09. The summed E-state index contributed by atoms with van der Waals surface area (Å²) in [5.74, 6) is 0.733. The lowest BCUT2D eigenvalue weighted by Crippen LogP contribution is -2.13. The van der Waals surface area contributed by atoms with Crippen LogP contribution in [0.25, 0.3) is 28.1 Å². The minimum Gasteiger partial charge on any atom is -0.493 e. The van der Waals surface area contributed by atoms with Crippen LogP contribution in [0.5, 0.6) is 0 Å². The lowest BCUT2D eigenvalue weighted by Gasteiger charge is -2.10. The molecule has 5 aromatic rings. The van der Waals surface area contributed by atoms with E-state index in [9.17, 15) is 14.4 Å². The third-order valence-electron chi connectivity index (χ3n) is 7.66. The second-order valence-electron chi connectivity index (χ2n) is 10.6. The van der Waals surface area contributed by atoms with E-state index in [1.807, 2.05) is 48.5 Å². The van der Waals surface area contributed by atoms with Crippen molar-refractivity contribution in [3.8, 4) is 11.4 Å². The van der Waals surface area contributed by atoms with E-state index in [0.717, 1.165) is 11.3 Å². The van der Waals surface area contributed by atoms with Crippen molar-refractivity contribution < 1.29 is 24.0 Å². The van der Waals surface area contributed by atoms with Gasteiger partial charge in [0.05, 0.1) is 29.4 Å². The number of hydrogen-bond donors (Lipinski definition) is 3. The van der Waals surface area contributed by atoms with Crippen molar-refractivity contribution >= 4 is 39.9 Å². The standard InChI is InChI=1S/C37H26N4O5/c1-45-34-20-24(14-18-32(34)42)33-21-30(41-46-33)22-11-15-26(16-12-22)38-37(44)28-10-6-5-9-27(28)36-39-29-17-13-25(19-31(29)40-36)35(43)23-7-3-2-4-8-23/h2-21,41H,1H3,(H,38,44)(H,39,40)/b33-24+. The number of methoxy groups -OCH3 is 1. The number of nitrogens with zero attached hydrogens (tertiary/aromatic N) is 1. The van der Waals surface area contributed by atoms with Gasteiger partial charge in [0.25, 0.3) is 5.91 Å². The number of ketones is 2. The maximum Gasteiger partial charge on any atom is 0.256 e. The van der Waals surface area contributed by atoms with Crippen LogP contribution in [0.1, 0.15) is 31.8 Å². The molecule has 2 aliphatic rings. The smallest absolute Gasteiger partial charge is 0.256 e. The maximum atomic E-state index is 13.5. The van der Waals surface area contributed by atoms with Gasteiger partial charge in [-0.15, -0.1) is 0 Å². The highest BCUT2D eigenvalue weighted by atomic mass is 16.7. The van der Waals surface area contributed by atoms with Gasteiger partial charge in [-0.2, -0.15) is 0 Å². The molecule has 4 aromatic carbocycles. The zero-order valence-electron chi connectivity index (χ0n) is 24.5. The zero-order chi connectivity index (χ0) is 31.6. The van der Waals surface area contributed by atoms with E-state index in [1.165, 1.54) is 13.2 Å². The van der Waals surface area contributed by atoms with E-state index in [4.69, 9.17) is 14.6 Å². The second kappa shape index (κ2) is 11.9. The molecule has 224 valence electrons. The van der Waals surface area contributed by atoms with Gasteiger partial charge in [-0.05, 0) is 54.6 Å². The molecule has 9 heteroatoms. The molecule has 1 aromatic heterocycles. The van der Waals surface area contributed by atoms with Crippen LogP contribution in [0.3, 0.4) is 0 Å². The first-order valence-corrected chi connectivity index (χ1v) is 14.4. The number of aromatic amines is 1. The molecular weight excluding hydrogens is 580 g/mol. The van der Waals surface area contributed by atoms with Crippen LogP contribution >= 0.6 is 0 Å². The van der Waals surface area contributed by atoms with Crippen molar-refractivity contribution in [1.29, 1.82) is 0 Å². The van der Waals surface area contributed by atoms with Crippen LogP contribution in [-0.2, 0) is 14.4 Å². The van der Waals surface area contributed by atoms with E-state index in [-0.39, 0.29) is 23.2 Å². The molecule has 0 saturated carbocycles. The number of anilines is 1. The van der Waals surface area contributed by atoms with E-state index >= 15 is 0 Å². The average molecular weight is 607 g/mol. The van der Waals surface area contributed by atoms with Crippen LogP contribution in [0.15, 0.2) is 138 Å². The average Bonchev–Trinajstić information content (AvgIpc) is 3.77. The number of rotatable bonds is 7. The molecule has 3 N–H and O–H groups in total. The molecule has 9 nitrogen and oxygen atoms in total. The van der Waals surface area contributed by atoms with Crippen molar-refractivity contribution in [3.05, 3.63) is 161 Å². The maximum absolute atomic E-state index is 13.5. The normalized spacial score (nSPS) is 15.5. The Bertz CT molecular complexity index is 2160. The summed E-state index contributed by atoms with van der Waals surface area (Å²) in [6.45, 7) is 0. The Morgan fingerprint density at radius 1 is 0.848 bits per heavy atom. The third kappa shape index (κ3) is 5.48. The van der Waals surface area contributed by atoms with Crippen molar-refractivity contribution in [3.63, 3.8) is 0 Å². The van der Waals surface area contributed by atoms with E-state index in [1.54, 1.807) is 66.7 Å². The predicted octanol–water partition coefficient (Wildman–Crippen LogP) is 6.51. The van der Waals surface area contributed by atoms with Gasteiger partial charge >= 0.3 is 0 Å². The monoisotopic (exact) mass is 606 g/mol. The predicted molar refractivity (Wildman–Crippen MR) is 174 cm³/mol. The van der Waals surface area contributed by atoms with Gasteiger partial charge in [-0.25, -0.2) is 10.5 Å². The van der Waals surface area contributed by atoms with E-state index < -0.39 is 0 Å².